The fourth-order valence-corrected chi connectivity index (χ4v) is 2.98. The zero-order valence-electron chi connectivity index (χ0n) is 13.3. The van der Waals surface area contributed by atoms with Crippen LogP contribution >= 0.6 is 11.3 Å². The summed E-state index contributed by atoms with van der Waals surface area (Å²) in [6.07, 6.45) is 5.15. The molecule has 0 spiro atoms. The Morgan fingerprint density at radius 2 is 2.17 bits per heavy atom. The first-order chi connectivity index (χ1) is 11.8. The summed E-state index contributed by atoms with van der Waals surface area (Å²) >= 11 is 1.50. The summed E-state index contributed by atoms with van der Waals surface area (Å²) in [6.45, 7) is 4.24. The number of benzene rings is 1. The Kier molecular flexibility index (Phi) is 5.08. The summed E-state index contributed by atoms with van der Waals surface area (Å²) in [4.78, 5) is 5.26. The number of para-hydroxylation sites is 1. The SMILES string of the molecule is C=CCN=c1scc(-c2ccco2)n1N=Cc1ccccc1OC. The van der Waals surface area contributed by atoms with E-state index in [-0.39, 0.29) is 0 Å². The smallest absolute Gasteiger partial charge is 0.206 e. The molecule has 0 unspecified atom stereocenters. The van der Waals surface area contributed by atoms with E-state index in [2.05, 4.69) is 16.7 Å². The first-order valence-electron chi connectivity index (χ1n) is 7.36. The maximum atomic E-state index is 5.50. The fraction of sp³-hybridized carbons (Fsp3) is 0.111. The average molecular weight is 339 g/mol. The van der Waals surface area contributed by atoms with Crippen LogP contribution in [0.1, 0.15) is 5.56 Å². The lowest BCUT2D eigenvalue weighted by atomic mass is 10.2. The Morgan fingerprint density at radius 3 is 2.92 bits per heavy atom. The molecule has 2 heterocycles. The first-order valence-corrected chi connectivity index (χ1v) is 8.24. The molecule has 0 aliphatic rings. The van der Waals surface area contributed by atoms with Gasteiger partial charge in [0.05, 0.1) is 26.1 Å². The van der Waals surface area contributed by atoms with Crippen LogP contribution in [0, 0.1) is 0 Å². The molecule has 0 amide bonds. The van der Waals surface area contributed by atoms with Crippen LogP contribution in [0.15, 0.2) is 75.2 Å². The summed E-state index contributed by atoms with van der Waals surface area (Å²) in [5.41, 5.74) is 1.73. The summed E-state index contributed by atoms with van der Waals surface area (Å²) in [5.74, 6) is 1.50. The Labute approximate surface area is 143 Å². The van der Waals surface area contributed by atoms with E-state index in [0.29, 0.717) is 6.54 Å². The summed E-state index contributed by atoms with van der Waals surface area (Å²) in [5, 5.41) is 6.56. The molecule has 3 rings (SSSR count). The van der Waals surface area contributed by atoms with Gasteiger partial charge in [-0.05, 0) is 24.3 Å². The molecule has 0 radical (unpaired) electrons. The Hall–Kier alpha value is -2.86. The van der Waals surface area contributed by atoms with Gasteiger partial charge in [0.1, 0.15) is 11.4 Å². The molecule has 1 aromatic carbocycles. The number of aromatic nitrogens is 1. The molecule has 0 atom stereocenters. The van der Waals surface area contributed by atoms with Gasteiger partial charge in [-0.15, -0.1) is 17.9 Å². The number of hydrogen-bond donors (Lipinski definition) is 0. The predicted molar refractivity (Wildman–Crippen MR) is 96.6 cm³/mol. The van der Waals surface area contributed by atoms with Crippen molar-refractivity contribution >= 4 is 17.6 Å². The minimum atomic E-state index is 0.530. The zero-order valence-corrected chi connectivity index (χ0v) is 14.1. The van der Waals surface area contributed by atoms with Crippen LogP contribution in [0.4, 0.5) is 0 Å². The summed E-state index contributed by atoms with van der Waals surface area (Å²) < 4.78 is 12.6. The molecular weight excluding hydrogens is 322 g/mol. The quantitative estimate of drug-likeness (QED) is 0.507. The molecule has 0 saturated heterocycles. The number of rotatable bonds is 6. The van der Waals surface area contributed by atoms with Gasteiger partial charge in [0.2, 0.25) is 4.80 Å². The third kappa shape index (κ3) is 3.38. The van der Waals surface area contributed by atoms with Crippen LogP contribution in [-0.2, 0) is 0 Å². The Balaban J connectivity index is 2.06. The maximum Gasteiger partial charge on any atom is 0.206 e. The van der Waals surface area contributed by atoms with Crippen molar-refractivity contribution in [3.8, 4) is 17.2 Å². The lowest BCUT2D eigenvalue weighted by molar-refractivity contribution is 0.414. The largest absolute Gasteiger partial charge is 0.496 e. The van der Waals surface area contributed by atoms with Crippen molar-refractivity contribution < 1.29 is 9.15 Å². The van der Waals surface area contributed by atoms with E-state index >= 15 is 0 Å². The van der Waals surface area contributed by atoms with Gasteiger partial charge in [-0.2, -0.15) is 5.10 Å². The van der Waals surface area contributed by atoms with Crippen molar-refractivity contribution in [3.05, 3.63) is 71.1 Å². The van der Waals surface area contributed by atoms with Gasteiger partial charge in [0.25, 0.3) is 0 Å². The zero-order chi connectivity index (χ0) is 16.8. The average Bonchev–Trinajstić information content (AvgIpc) is 3.27. The van der Waals surface area contributed by atoms with Crippen LogP contribution in [0.25, 0.3) is 11.5 Å². The van der Waals surface area contributed by atoms with E-state index in [4.69, 9.17) is 9.15 Å². The molecule has 122 valence electrons. The molecule has 0 saturated carbocycles. The number of ether oxygens (including phenoxy) is 1. The number of thiazole rings is 1. The van der Waals surface area contributed by atoms with Crippen molar-refractivity contribution in [1.29, 1.82) is 0 Å². The van der Waals surface area contributed by atoms with E-state index in [1.165, 1.54) is 11.3 Å². The first kappa shape index (κ1) is 16.0. The fourth-order valence-electron chi connectivity index (χ4n) is 2.15. The van der Waals surface area contributed by atoms with E-state index in [1.807, 2.05) is 41.8 Å². The van der Waals surface area contributed by atoms with Crippen molar-refractivity contribution in [1.82, 2.24) is 4.68 Å². The van der Waals surface area contributed by atoms with Gasteiger partial charge in [0.15, 0.2) is 5.76 Å². The second kappa shape index (κ2) is 7.61. The van der Waals surface area contributed by atoms with Gasteiger partial charge in [-0.25, -0.2) is 4.68 Å². The van der Waals surface area contributed by atoms with Gasteiger partial charge in [0, 0.05) is 10.9 Å². The minimum Gasteiger partial charge on any atom is -0.496 e. The second-order valence-electron chi connectivity index (χ2n) is 4.81. The van der Waals surface area contributed by atoms with Gasteiger partial charge in [-0.1, -0.05) is 18.2 Å². The van der Waals surface area contributed by atoms with Gasteiger partial charge < -0.3 is 9.15 Å². The van der Waals surface area contributed by atoms with Crippen molar-refractivity contribution in [2.45, 2.75) is 0 Å². The number of hydrogen-bond acceptors (Lipinski definition) is 5. The monoisotopic (exact) mass is 339 g/mol. The van der Waals surface area contributed by atoms with Crippen LogP contribution in [0.3, 0.4) is 0 Å². The van der Waals surface area contributed by atoms with Crippen molar-refractivity contribution in [3.63, 3.8) is 0 Å². The topological polar surface area (TPSA) is 52.0 Å². The van der Waals surface area contributed by atoms with E-state index in [1.54, 1.807) is 30.3 Å². The normalized spacial score (nSPS) is 12.0. The molecule has 0 aliphatic carbocycles. The van der Waals surface area contributed by atoms with Crippen molar-refractivity contribution in [2.24, 2.45) is 10.1 Å². The van der Waals surface area contributed by atoms with E-state index < -0.39 is 0 Å². The molecular formula is C18H17N3O2S. The van der Waals surface area contributed by atoms with Crippen LogP contribution in [-0.4, -0.2) is 24.5 Å². The summed E-state index contributed by atoms with van der Waals surface area (Å²) in [6, 6.07) is 11.5. The molecule has 6 heteroatoms. The highest BCUT2D eigenvalue weighted by Crippen LogP contribution is 2.21. The molecule has 0 N–H and O–H groups in total. The minimum absolute atomic E-state index is 0.530. The van der Waals surface area contributed by atoms with Gasteiger partial charge >= 0.3 is 0 Å². The standard InChI is InChI=1S/C18H17N3O2S/c1-3-10-19-18-21(15(13-24-18)17-9-6-11-23-17)20-12-14-7-4-5-8-16(14)22-2/h3-9,11-13H,1,10H2,2H3. The van der Waals surface area contributed by atoms with Crippen LogP contribution in [0.2, 0.25) is 0 Å². The maximum absolute atomic E-state index is 5.50. The molecule has 3 aromatic rings. The van der Waals surface area contributed by atoms with Crippen molar-refractivity contribution in [2.75, 3.05) is 13.7 Å². The second-order valence-corrected chi connectivity index (χ2v) is 5.65. The number of methoxy groups -OCH3 is 1. The lowest BCUT2D eigenvalue weighted by Gasteiger charge is -2.04. The van der Waals surface area contributed by atoms with Crippen LogP contribution < -0.4 is 9.54 Å². The molecule has 0 aliphatic heterocycles. The highest BCUT2D eigenvalue weighted by Gasteiger charge is 2.09. The van der Waals surface area contributed by atoms with E-state index in [0.717, 1.165) is 27.6 Å². The predicted octanol–water partition coefficient (Wildman–Crippen LogP) is 3.79. The highest BCUT2D eigenvalue weighted by atomic mass is 32.1. The molecule has 2 aromatic heterocycles. The van der Waals surface area contributed by atoms with Gasteiger partial charge in [-0.3, -0.25) is 4.99 Å². The van der Waals surface area contributed by atoms with Crippen LogP contribution in [0.5, 0.6) is 5.75 Å². The third-order valence-corrected chi connectivity index (χ3v) is 4.12. The molecule has 0 bridgehead atoms. The van der Waals surface area contributed by atoms with E-state index in [9.17, 15) is 0 Å². The number of furan rings is 1. The summed E-state index contributed by atoms with van der Waals surface area (Å²) in [7, 11) is 1.64. The number of nitrogens with zero attached hydrogens (tertiary/aromatic N) is 3. The Bertz CT molecular complexity index is 904. The molecule has 5 nitrogen and oxygen atoms in total. The molecule has 24 heavy (non-hydrogen) atoms. The third-order valence-electron chi connectivity index (χ3n) is 3.27. The molecule has 0 fully saturated rings. The Morgan fingerprint density at radius 1 is 1.29 bits per heavy atom. The lowest BCUT2D eigenvalue weighted by Crippen LogP contribution is -2.12. The highest BCUT2D eigenvalue weighted by molar-refractivity contribution is 7.07.